The average Bonchev–Trinajstić information content (AvgIpc) is 3.09. The Balaban J connectivity index is 1.39. The van der Waals surface area contributed by atoms with Crippen LogP contribution in [-0.4, -0.2) is 32.8 Å². The molecule has 0 aliphatic carbocycles. The van der Waals surface area contributed by atoms with Gasteiger partial charge in [0.15, 0.2) is 0 Å². The number of piperidine rings is 1. The number of likely N-dealkylation sites (tertiary alicyclic amines) is 1. The Morgan fingerprint density at radius 3 is 2.59 bits per heavy atom. The fourth-order valence-electron chi connectivity index (χ4n) is 3.85. The summed E-state index contributed by atoms with van der Waals surface area (Å²) in [5.41, 5.74) is 4.98. The molecule has 1 saturated heterocycles. The number of nitrogens with zero attached hydrogens (tertiary/aromatic N) is 4. The quantitative estimate of drug-likeness (QED) is 0.656. The molecule has 0 bridgehead atoms. The van der Waals surface area contributed by atoms with Crippen LogP contribution in [0.15, 0.2) is 54.9 Å². The van der Waals surface area contributed by atoms with Gasteiger partial charge in [-0.05, 0) is 61.2 Å². The number of halogens is 1. The zero-order valence-corrected chi connectivity index (χ0v) is 16.4. The van der Waals surface area contributed by atoms with Crippen LogP contribution in [0.2, 0.25) is 5.02 Å². The van der Waals surface area contributed by atoms with Crippen LogP contribution in [0, 0.1) is 0 Å². The molecular weight excluding hydrogens is 356 g/mol. The SMILES string of the molecule is Cn1nccc1CN1CCC[C@H](c2ccc(Cc3ccc(Cl)cc3)cn2)C1. The highest BCUT2D eigenvalue weighted by atomic mass is 35.5. The van der Waals surface area contributed by atoms with E-state index in [1.807, 2.05) is 36.3 Å². The number of pyridine rings is 1. The molecule has 0 saturated carbocycles. The van der Waals surface area contributed by atoms with Crippen molar-refractivity contribution in [3.63, 3.8) is 0 Å². The molecule has 0 N–H and O–H groups in total. The monoisotopic (exact) mass is 380 g/mol. The standard InChI is InChI=1S/C22H25ClN4/c1-26-21(10-11-25-26)16-27-12-2-3-19(15-27)22-9-6-18(14-24-22)13-17-4-7-20(23)8-5-17/h4-11,14,19H,2-3,12-13,15-16H2,1H3/t19-/m0/s1. The van der Waals surface area contributed by atoms with E-state index in [1.165, 1.54) is 35.4 Å². The molecule has 140 valence electrons. The van der Waals surface area contributed by atoms with Gasteiger partial charge in [-0.1, -0.05) is 29.8 Å². The lowest BCUT2D eigenvalue weighted by Crippen LogP contribution is -2.34. The van der Waals surface area contributed by atoms with Crippen LogP contribution < -0.4 is 0 Å². The lowest BCUT2D eigenvalue weighted by molar-refractivity contribution is 0.194. The van der Waals surface area contributed by atoms with Gasteiger partial charge in [-0.3, -0.25) is 14.6 Å². The Labute approximate surface area is 165 Å². The van der Waals surface area contributed by atoms with Crippen molar-refractivity contribution in [2.45, 2.75) is 31.7 Å². The van der Waals surface area contributed by atoms with E-state index in [9.17, 15) is 0 Å². The van der Waals surface area contributed by atoms with Gasteiger partial charge in [0.25, 0.3) is 0 Å². The highest BCUT2D eigenvalue weighted by Gasteiger charge is 2.23. The molecule has 4 nitrogen and oxygen atoms in total. The lowest BCUT2D eigenvalue weighted by atomic mass is 9.93. The minimum absolute atomic E-state index is 0.511. The van der Waals surface area contributed by atoms with Crippen molar-refractivity contribution in [2.75, 3.05) is 13.1 Å². The van der Waals surface area contributed by atoms with E-state index in [4.69, 9.17) is 16.6 Å². The first-order chi connectivity index (χ1) is 13.2. The van der Waals surface area contributed by atoms with Crippen LogP contribution in [0.3, 0.4) is 0 Å². The second-order valence-corrected chi connectivity index (χ2v) is 7.85. The summed E-state index contributed by atoms with van der Waals surface area (Å²) in [6.07, 6.45) is 7.23. The number of aromatic nitrogens is 3. The molecule has 2 aromatic heterocycles. The molecule has 0 spiro atoms. The number of aryl methyl sites for hydroxylation is 1. The van der Waals surface area contributed by atoms with Crippen molar-refractivity contribution >= 4 is 11.6 Å². The molecule has 1 atom stereocenters. The molecule has 1 aliphatic heterocycles. The van der Waals surface area contributed by atoms with Crippen LogP contribution in [0.1, 0.15) is 41.3 Å². The third-order valence-electron chi connectivity index (χ3n) is 5.40. The minimum Gasteiger partial charge on any atom is -0.297 e. The third kappa shape index (κ3) is 4.57. The molecule has 3 heterocycles. The Morgan fingerprint density at radius 1 is 1.07 bits per heavy atom. The maximum absolute atomic E-state index is 5.97. The zero-order valence-electron chi connectivity index (χ0n) is 15.7. The first kappa shape index (κ1) is 18.2. The summed E-state index contributed by atoms with van der Waals surface area (Å²) >= 11 is 5.97. The predicted octanol–water partition coefficient (Wildman–Crippen LogP) is 4.44. The van der Waals surface area contributed by atoms with Crippen molar-refractivity contribution in [2.24, 2.45) is 7.05 Å². The largest absolute Gasteiger partial charge is 0.297 e. The van der Waals surface area contributed by atoms with E-state index < -0.39 is 0 Å². The smallest absolute Gasteiger partial charge is 0.0521 e. The van der Waals surface area contributed by atoms with Crippen LogP contribution in [0.4, 0.5) is 0 Å². The van der Waals surface area contributed by atoms with E-state index in [2.05, 4.69) is 40.3 Å². The maximum atomic E-state index is 5.97. The molecule has 1 aliphatic rings. The third-order valence-corrected chi connectivity index (χ3v) is 5.65. The first-order valence-corrected chi connectivity index (χ1v) is 9.94. The molecule has 0 unspecified atom stereocenters. The van der Waals surface area contributed by atoms with Gasteiger partial charge in [-0.2, -0.15) is 5.10 Å². The summed E-state index contributed by atoms with van der Waals surface area (Å²) in [5.74, 6) is 0.511. The Kier molecular flexibility index (Phi) is 5.55. The predicted molar refractivity (Wildman–Crippen MR) is 109 cm³/mol. The van der Waals surface area contributed by atoms with E-state index >= 15 is 0 Å². The van der Waals surface area contributed by atoms with Gasteiger partial charge in [-0.15, -0.1) is 0 Å². The summed E-state index contributed by atoms with van der Waals surface area (Å²) in [6.45, 7) is 3.17. The van der Waals surface area contributed by atoms with Gasteiger partial charge >= 0.3 is 0 Å². The number of rotatable bonds is 5. The molecule has 4 rings (SSSR count). The maximum Gasteiger partial charge on any atom is 0.0521 e. The number of benzene rings is 1. The first-order valence-electron chi connectivity index (χ1n) is 9.56. The molecule has 0 radical (unpaired) electrons. The van der Waals surface area contributed by atoms with Crippen LogP contribution in [-0.2, 0) is 20.0 Å². The Bertz CT molecular complexity index is 870. The normalized spacial score (nSPS) is 17.9. The van der Waals surface area contributed by atoms with Gasteiger partial charge in [-0.25, -0.2) is 0 Å². The molecule has 1 fully saturated rings. The average molecular weight is 381 g/mol. The molecule has 5 heteroatoms. The van der Waals surface area contributed by atoms with Crippen molar-refractivity contribution in [1.82, 2.24) is 19.7 Å². The lowest BCUT2D eigenvalue weighted by Gasteiger charge is -2.32. The second-order valence-electron chi connectivity index (χ2n) is 7.41. The van der Waals surface area contributed by atoms with Crippen molar-refractivity contribution < 1.29 is 0 Å². The van der Waals surface area contributed by atoms with E-state index in [0.29, 0.717) is 5.92 Å². The summed E-state index contributed by atoms with van der Waals surface area (Å²) < 4.78 is 1.97. The van der Waals surface area contributed by atoms with Crippen LogP contribution in [0.25, 0.3) is 0 Å². The van der Waals surface area contributed by atoms with Crippen LogP contribution >= 0.6 is 11.6 Å². The van der Waals surface area contributed by atoms with E-state index in [1.54, 1.807) is 0 Å². The zero-order chi connectivity index (χ0) is 18.6. The van der Waals surface area contributed by atoms with Gasteiger partial charge in [0, 0.05) is 49.2 Å². The van der Waals surface area contributed by atoms with E-state index in [0.717, 1.165) is 31.1 Å². The highest BCUT2D eigenvalue weighted by molar-refractivity contribution is 6.30. The molecule has 3 aromatic rings. The Morgan fingerprint density at radius 2 is 1.89 bits per heavy atom. The van der Waals surface area contributed by atoms with Gasteiger partial charge in [0.05, 0.1) is 5.69 Å². The molecule has 1 aromatic carbocycles. The molecule has 27 heavy (non-hydrogen) atoms. The van der Waals surface area contributed by atoms with Gasteiger partial charge in [0.2, 0.25) is 0 Å². The number of hydrogen-bond acceptors (Lipinski definition) is 3. The van der Waals surface area contributed by atoms with Crippen molar-refractivity contribution in [1.29, 1.82) is 0 Å². The summed E-state index contributed by atoms with van der Waals surface area (Å²) in [6, 6.07) is 14.6. The van der Waals surface area contributed by atoms with E-state index in [-0.39, 0.29) is 0 Å². The second kappa shape index (κ2) is 8.24. The minimum atomic E-state index is 0.511. The summed E-state index contributed by atoms with van der Waals surface area (Å²) in [5, 5.41) is 5.06. The Hall–Kier alpha value is -2.17. The van der Waals surface area contributed by atoms with Crippen molar-refractivity contribution in [3.8, 4) is 0 Å². The van der Waals surface area contributed by atoms with Crippen LogP contribution in [0.5, 0.6) is 0 Å². The van der Waals surface area contributed by atoms with Gasteiger partial charge < -0.3 is 0 Å². The number of hydrogen-bond donors (Lipinski definition) is 0. The molecule has 0 amide bonds. The fraction of sp³-hybridized carbons (Fsp3) is 0.364. The van der Waals surface area contributed by atoms with Gasteiger partial charge in [0.1, 0.15) is 0 Å². The highest BCUT2D eigenvalue weighted by Crippen LogP contribution is 2.27. The summed E-state index contributed by atoms with van der Waals surface area (Å²) in [7, 11) is 2.01. The topological polar surface area (TPSA) is 34.0 Å². The fourth-order valence-corrected chi connectivity index (χ4v) is 3.97. The summed E-state index contributed by atoms with van der Waals surface area (Å²) in [4.78, 5) is 7.32. The molecular formula is C22H25ClN4. The van der Waals surface area contributed by atoms with Crippen molar-refractivity contribution in [3.05, 3.63) is 82.4 Å².